The quantitative estimate of drug-likeness (QED) is 0.209. The molecule has 0 saturated carbocycles. The molecule has 10 heteroatoms. The monoisotopic (exact) mass is 603 g/mol. The first-order valence-corrected chi connectivity index (χ1v) is 11.7. The molecule has 0 saturated heterocycles. The molecule has 0 atom stereocenters. The lowest BCUT2D eigenvalue weighted by molar-refractivity contribution is 0.0977. The first-order chi connectivity index (χ1) is 16.9. The number of anilines is 1. The van der Waals surface area contributed by atoms with Gasteiger partial charge in [0.25, 0.3) is 5.91 Å². The van der Waals surface area contributed by atoms with E-state index in [4.69, 9.17) is 26.4 Å². The van der Waals surface area contributed by atoms with Gasteiger partial charge in [0.1, 0.15) is 5.75 Å². The second kappa shape index (κ2) is 10.8. The molecular weight excluding hydrogens is 584 g/mol. The van der Waals surface area contributed by atoms with Gasteiger partial charge >= 0.3 is 0 Å². The second-order valence-electron chi connectivity index (χ2n) is 7.17. The summed E-state index contributed by atoms with van der Waals surface area (Å²) in [7, 11) is 3.06. The van der Waals surface area contributed by atoms with E-state index < -0.39 is 5.82 Å². The average molecular weight is 603 g/mol. The zero-order chi connectivity index (χ0) is 24.9. The second-order valence-corrected chi connectivity index (χ2v) is 8.74. The Balaban J connectivity index is 1.50. The van der Waals surface area contributed by atoms with Crippen molar-refractivity contribution in [1.29, 1.82) is 0 Å². The topological polar surface area (TPSA) is 81.7 Å². The summed E-state index contributed by atoms with van der Waals surface area (Å²) in [6.07, 6.45) is 1.56. The van der Waals surface area contributed by atoms with Crippen LogP contribution in [0.25, 0.3) is 10.9 Å². The molecule has 0 fully saturated rings. The molecule has 3 aromatic carbocycles. The van der Waals surface area contributed by atoms with Crippen molar-refractivity contribution in [3.05, 3.63) is 81.8 Å². The third kappa shape index (κ3) is 5.60. The number of carbonyl (C=O) groups excluding carboxylic acids is 1. The van der Waals surface area contributed by atoms with Crippen molar-refractivity contribution in [1.82, 2.24) is 10.3 Å². The van der Waals surface area contributed by atoms with Gasteiger partial charge in [-0.1, -0.05) is 12.1 Å². The van der Waals surface area contributed by atoms with Gasteiger partial charge in [0.2, 0.25) is 0 Å². The lowest BCUT2D eigenvalue weighted by Gasteiger charge is -2.14. The van der Waals surface area contributed by atoms with E-state index in [1.165, 1.54) is 26.4 Å². The van der Waals surface area contributed by atoms with Crippen LogP contribution in [0.15, 0.2) is 66.9 Å². The molecule has 0 aliphatic rings. The Kier molecular flexibility index (Phi) is 7.61. The van der Waals surface area contributed by atoms with E-state index in [-0.39, 0.29) is 16.8 Å². The Bertz CT molecular complexity index is 1430. The van der Waals surface area contributed by atoms with Crippen LogP contribution in [0.5, 0.6) is 23.0 Å². The predicted octanol–water partition coefficient (Wildman–Crippen LogP) is 5.91. The Labute approximate surface area is 219 Å². The Morgan fingerprint density at radius 3 is 2.43 bits per heavy atom. The van der Waals surface area contributed by atoms with Crippen LogP contribution in [0, 0.1) is 9.39 Å². The number of thiocarbonyl (C=S) groups is 1. The summed E-state index contributed by atoms with van der Waals surface area (Å²) < 4.78 is 32.2. The zero-order valence-electron chi connectivity index (χ0n) is 18.6. The highest BCUT2D eigenvalue weighted by Crippen LogP contribution is 2.37. The summed E-state index contributed by atoms with van der Waals surface area (Å²) in [5, 5.41) is 6.08. The van der Waals surface area contributed by atoms with Crippen molar-refractivity contribution < 1.29 is 23.4 Å². The van der Waals surface area contributed by atoms with Gasteiger partial charge in [-0.3, -0.25) is 15.1 Å². The Morgan fingerprint density at radius 1 is 0.971 bits per heavy atom. The highest BCUT2D eigenvalue weighted by molar-refractivity contribution is 14.1. The Morgan fingerprint density at radius 2 is 1.71 bits per heavy atom. The fraction of sp³-hybridized carbons (Fsp3) is 0.0800. The van der Waals surface area contributed by atoms with Gasteiger partial charge in [0.05, 0.1) is 25.3 Å². The maximum absolute atomic E-state index is 14.9. The molecule has 2 N–H and O–H groups in total. The summed E-state index contributed by atoms with van der Waals surface area (Å²) in [5.41, 5.74) is 1.45. The number of ether oxygens (including phenoxy) is 3. The van der Waals surface area contributed by atoms with Crippen molar-refractivity contribution in [3.8, 4) is 23.0 Å². The molecular formula is C25H19FIN3O4S. The maximum atomic E-state index is 14.9. The van der Waals surface area contributed by atoms with Crippen molar-refractivity contribution in [2.45, 2.75) is 0 Å². The minimum absolute atomic E-state index is 0.00614. The molecule has 0 bridgehead atoms. The van der Waals surface area contributed by atoms with Gasteiger partial charge in [0.15, 0.2) is 28.2 Å². The van der Waals surface area contributed by atoms with Crippen molar-refractivity contribution in [3.63, 3.8) is 0 Å². The van der Waals surface area contributed by atoms with Gasteiger partial charge in [-0.25, -0.2) is 4.39 Å². The predicted molar refractivity (Wildman–Crippen MR) is 144 cm³/mol. The maximum Gasteiger partial charge on any atom is 0.258 e. The largest absolute Gasteiger partial charge is 0.493 e. The standard InChI is InChI=1S/C25H19FIN3O4S/c1-32-22-12-16-19(13-23(22)33-2)28-10-9-20(16)34-21-8-7-14(11-17(21)26)29-25(35)30-24(31)15-5-3-4-6-18(15)27/h3-13H,1-2H3,(H2,29,30,31,35). The van der Waals surface area contributed by atoms with Crippen molar-refractivity contribution >= 4 is 62.4 Å². The minimum Gasteiger partial charge on any atom is -0.493 e. The molecule has 0 aliphatic heterocycles. The van der Waals surface area contributed by atoms with Gasteiger partial charge in [-0.2, -0.15) is 0 Å². The molecule has 0 radical (unpaired) electrons. The van der Waals surface area contributed by atoms with E-state index in [2.05, 4.69) is 38.2 Å². The average Bonchev–Trinajstić information content (AvgIpc) is 2.85. The smallest absolute Gasteiger partial charge is 0.258 e. The lowest BCUT2D eigenvalue weighted by Crippen LogP contribution is -2.34. The van der Waals surface area contributed by atoms with E-state index in [0.29, 0.717) is 39.4 Å². The third-order valence-electron chi connectivity index (χ3n) is 4.96. The Hall–Kier alpha value is -3.51. The third-order valence-corrected chi connectivity index (χ3v) is 6.11. The molecule has 0 unspecified atom stereocenters. The van der Waals surface area contributed by atoms with Crippen LogP contribution in [0.4, 0.5) is 10.1 Å². The molecule has 178 valence electrons. The van der Waals surface area contributed by atoms with Crippen LogP contribution >= 0.6 is 34.8 Å². The molecule has 4 aromatic rings. The number of amides is 1. The first kappa shape index (κ1) is 24.6. The van der Waals surface area contributed by atoms with Gasteiger partial charge in [0, 0.05) is 33.0 Å². The molecule has 0 spiro atoms. The van der Waals surface area contributed by atoms with Crippen molar-refractivity contribution in [2.24, 2.45) is 0 Å². The number of hydrogen-bond donors (Lipinski definition) is 2. The number of nitrogens with zero attached hydrogens (tertiary/aromatic N) is 1. The zero-order valence-corrected chi connectivity index (χ0v) is 21.6. The number of halogens is 2. The van der Waals surface area contributed by atoms with Gasteiger partial charge < -0.3 is 19.5 Å². The van der Waals surface area contributed by atoms with E-state index in [1.807, 2.05) is 12.1 Å². The number of nitrogens with one attached hydrogen (secondary N) is 2. The molecule has 7 nitrogen and oxygen atoms in total. The number of pyridine rings is 1. The van der Waals surface area contributed by atoms with Crippen LogP contribution in [-0.2, 0) is 0 Å². The highest BCUT2D eigenvalue weighted by Gasteiger charge is 2.15. The number of methoxy groups -OCH3 is 2. The molecule has 1 heterocycles. The molecule has 1 amide bonds. The van der Waals surface area contributed by atoms with Crippen LogP contribution in [0.2, 0.25) is 0 Å². The first-order valence-electron chi connectivity index (χ1n) is 10.2. The normalized spacial score (nSPS) is 10.5. The van der Waals surface area contributed by atoms with Gasteiger partial charge in [-0.05, 0) is 71.2 Å². The number of aromatic nitrogens is 1. The summed E-state index contributed by atoms with van der Waals surface area (Å²) >= 11 is 7.28. The van der Waals surface area contributed by atoms with Crippen LogP contribution in [-0.4, -0.2) is 30.2 Å². The number of hydrogen-bond acceptors (Lipinski definition) is 6. The van der Waals surface area contributed by atoms with Crippen LogP contribution in [0.3, 0.4) is 0 Å². The fourth-order valence-corrected chi connectivity index (χ4v) is 4.14. The number of fused-ring (bicyclic) bond motifs is 1. The summed E-state index contributed by atoms with van der Waals surface area (Å²) in [6, 6.07) is 16.5. The van der Waals surface area contributed by atoms with Crippen molar-refractivity contribution in [2.75, 3.05) is 19.5 Å². The van der Waals surface area contributed by atoms with Crippen LogP contribution in [0.1, 0.15) is 10.4 Å². The van der Waals surface area contributed by atoms with E-state index >= 15 is 0 Å². The van der Waals surface area contributed by atoms with E-state index in [9.17, 15) is 9.18 Å². The summed E-state index contributed by atoms with van der Waals surface area (Å²) in [4.78, 5) is 16.7. The number of benzene rings is 3. The SMILES string of the molecule is COc1cc2nccc(Oc3ccc(NC(=S)NC(=O)c4ccccc4I)cc3F)c2cc1OC. The summed E-state index contributed by atoms with van der Waals surface area (Å²) in [5.74, 6) is 0.453. The molecule has 35 heavy (non-hydrogen) atoms. The minimum atomic E-state index is -0.618. The molecule has 1 aromatic heterocycles. The number of carbonyl (C=O) groups is 1. The number of rotatable bonds is 6. The molecule has 4 rings (SSSR count). The lowest BCUT2D eigenvalue weighted by atomic mass is 10.2. The fourth-order valence-electron chi connectivity index (χ4n) is 3.29. The summed E-state index contributed by atoms with van der Waals surface area (Å²) in [6.45, 7) is 0. The van der Waals surface area contributed by atoms with Gasteiger partial charge in [-0.15, -0.1) is 0 Å². The van der Waals surface area contributed by atoms with Crippen LogP contribution < -0.4 is 24.8 Å². The van der Waals surface area contributed by atoms with E-state index in [1.54, 1.807) is 42.6 Å². The molecule has 0 aliphatic carbocycles. The highest BCUT2D eigenvalue weighted by atomic mass is 127. The van der Waals surface area contributed by atoms with E-state index in [0.717, 1.165) is 3.57 Å².